The monoisotopic (exact) mass is 433 g/mol. The van der Waals surface area contributed by atoms with Crippen LogP contribution in [0.25, 0.3) is 11.3 Å². The van der Waals surface area contributed by atoms with Crippen LogP contribution in [0.1, 0.15) is 19.4 Å². The van der Waals surface area contributed by atoms with Gasteiger partial charge in [-0.2, -0.15) is 0 Å². The van der Waals surface area contributed by atoms with Crippen molar-refractivity contribution < 1.29 is 29.6 Å². The third-order valence-corrected chi connectivity index (χ3v) is 2.85. The Morgan fingerprint density at radius 2 is 1.95 bits per heavy atom. The van der Waals surface area contributed by atoms with Gasteiger partial charge in [0.05, 0.1) is 11.5 Å². The van der Waals surface area contributed by atoms with Gasteiger partial charge in [0.25, 0.3) is 0 Å². The molecule has 1 aliphatic heterocycles. The molecule has 101 valence electrons. The summed E-state index contributed by atoms with van der Waals surface area (Å²) in [4.78, 5) is 4.38. The third kappa shape index (κ3) is 2.65. The SMILES string of the molecule is Cc1cccnc1-c1[c-]cc2c(c1)OC(C)(C)O2.[Ir]. The molecule has 19 heavy (non-hydrogen) atoms. The summed E-state index contributed by atoms with van der Waals surface area (Å²) in [5.41, 5.74) is 2.97. The Bertz CT molecular complexity index is 611. The van der Waals surface area contributed by atoms with Gasteiger partial charge in [-0.3, -0.25) is 0 Å². The predicted octanol–water partition coefficient (Wildman–Crippen LogP) is 3.36. The van der Waals surface area contributed by atoms with Gasteiger partial charge in [0, 0.05) is 40.1 Å². The molecule has 0 bridgehead atoms. The van der Waals surface area contributed by atoms with Crippen molar-refractivity contribution in [1.29, 1.82) is 0 Å². The zero-order valence-corrected chi connectivity index (χ0v) is 13.4. The number of benzene rings is 1. The summed E-state index contributed by atoms with van der Waals surface area (Å²) in [6.07, 6.45) is 1.78. The number of aromatic nitrogens is 1. The van der Waals surface area contributed by atoms with E-state index in [2.05, 4.69) is 11.1 Å². The molecule has 1 radical (unpaired) electrons. The average molecular weight is 432 g/mol. The summed E-state index contributed by atoms with van der Waals surface area (Å²) in [5, 5.41) is 0. The van der Waals surface area contributed by atoms with Crippen LogP contribution in [-0.4, -0.2) is 10.8 Å². The minimum Gasteiger partial charge on any atom is -0.496 e. The van der Waals surface area contributed by atoms with Crippen molar-refractivity contribution in [2.45, 2.75) is 26.6 Å². The molecule has 1 aromatic heterocycles. The van der Waals surface area contributed by atoms with Gasteiger partial charge in [-0.1, -0.05) is 17.7 Å². The van der Waals surface area contributed by atoms with Crippen molar-refractivity contribution in [1.82, 2.24) is 4.98 Å². The standard InChI is InChI=1S/C15H14NO2.Ir/c1-10-5-4-8-16-14(10)11-6-7-12-13(9-11)18-15(2,3)17-12;/h4-5,7-9H,1-3H3;/q-1;. The number of aryl methyl sites for hydroxylation is 1. The Labute approximate surface area is 126 Å². The molecule has 0 spiro atoms. The largest absolute Gasteiger partial charge is 0.496 e. The maximum Gasteiger partial charge on any atom is 0.234 e. The van der Waals surface area contributed by atoms with E-state index in [1.807, 2.05) is 45.0 Å². The topological polar surface area (TPSA) is 31.4 Å². The molecule has 0 fully saturated rings. The number of nitrogens with zero attached hydrogens (tertiary/aromatic N) is 1. The molecular formula is C15H14IrNO2-. The van der Waals surface area contributed by atoms with Crippen LogP contribution in [0.2, 0.25) is 0 Å². The normalized spacial score (nSPS) is 14.9. The Morgan fingerprint density at radius 1 is 1.21 bits per heavy atom. The smallest absolute Gasteiger partial charge is 0.234 e. The number of pyridine rings is 1. The van der Waals surface area contributed by atoms with Gasteiger partial charge in [0.1, 0.15) is 0 Å². The molecule has 3 nitrogen and oxygen atoms in total. The molecule has 2 heterocycles. The average Bonchev–Trinajstić information content (AvgIpc) is 2.62. The van der Waals surface area contributed by atoms with Gasteiger partial charge in [0.15, 0.2) is 0 Å². The van der Waals surface area contributed by atoms with Gasteiger partial charge in [-0.25, -0.2) is 0 Å². The molecule has 0 amide bonds. The van der Waals surface area contributed by atoms with Crippen LogP contribution in [0, 0.1) is 13.0 Å². The summed E-state index contributed by atoms with van der Waals surface area (Å²) >= 11 is 0. The minimum atomic E-state index is -0.603. The first kappa shape index (κ1) is 14.0. The molecular weight excluding hydrogens is 418 g/mol. The summed E-state index contributed by atoms with van der Waals surface area (Å²) in [6, 6.07) is 10.9. The number of fused-ring (bicyclic) bond motifs is 1. The van der Waals surface area contributed by atoms with Gasteiger partial charge < -0.3 is 14.5 Å². The first-order valence-electron chi connectivity index (χ1n) is 5.91. The summed E-state index contributed by atoms with van der Waals surface area (Å²) in [6.45, 7) is 5.81. The molecule has 0 unspecified atom stereocenters. The molecule has 0 aliphatic carbocycles. The van der Waals surface area contributed by atoms with Gasteiger partial charge in [0.2, 0.25) is 5.79 Å². The van der Waals surface area contributed by atoms with Crippen LogP contribution in [0.5, 0.6) is 11.5 Å². The molecule has 0 atom stereocenters. The summed E-state index contributed by atoms with van der Waals surface area (Å²) in [5.74, 6) is 0.879. The predicted molar refractivity (Wildman–Crippen MR) is 68.6 cm³/mol. The van der Waals surface area contributed by atoms with E-state index < -0.39 is 5.79 Å². The maximum atomic E-state index is 5.73. The fraction of sp³-hybridized carbons (Fsp3) is 0.267. The first-order chi connectivity index (χ1) is 8.55. The van der Waals surface area contributed by atoms with E-state index in [1.165, 1.54) is 0 Å². The molecule has 3 rings (SSSR count). The van der Waals surface area contributed by atoms with Crippen LogP contribution in [0.4, 0.5) is 0 Å². The second-order valence-corrected chi connectivity index (χ2v) is 4.85. The van der Waals surface area contributed by atoms with E-state index in [9.17, 15) is 0 Å². The van der Waals surface area contributed by atoms with Crippen LogP contribution < -0.4 is 9.47 Å². The van der Waals surface area contributed by atoms with E-state index in [1.54, 1.807) is 6.20 Å². The minimum absolute atomic E-state index is 0. The van der Waals surface area contributed by atoms with Crippen LogP contribution in [-0.2, 0) is 20.1 Å². The molecule has 0 N–H and O–H groups in total. The Morgan fingerprint density at radius 3 is 2.68 bits per heavy atom. The number of hydrogen-bond donors (Lipinski definition) is 0. The Balaban J connectivity index is 0.00000133. The van der Waals surface area contributed by atoms with Crippen molar-refractivity contribution in [3.63, 3.8) is 0 Å². The van der Waals surface area contributed by atoms with Crippen molar-refractivity contribution >= 4 is 0 Å². The van der Waals surface area contributed by atoms with E-state index in [0.29, 0.717) is 0 Å². The van der Waals surface area contributed by atoms with Crippen molar-refractivity contribution in [2.24, 2.45) is 0 Å². The Kier molecular flexibility index (Phi) is 3.66. The molecule has 2 aromatic rings. The first-order valence-corrected chi connectivity index (χ1v) is 5.91. The van der Waals surface area contributed by atoms with Crippen LogP contribution in [0.3, 0.4) is 0 Å². The van der Waals surface area contributed by atoms with E-state index in [0.717, 1.165) is 28.3 Å². The number of rotatable bonds is 1. The van der Waals surface area contributed by atoms with Gasteiger partial charge in [-0.05, 0) is 18.7 Å². The van der Waals surface area contributed by atoms with Crippen LogP contribution in [0.15, 0.2) is 30.5 Å². The van der Waals surface area contributed by atoms with Gasteiger partial charge >= 0.3 is 0 Å². The van der Waals surface area contributed by atoms with Gasteiger partial charge in [-0.15, -0.1) is 17.7 Å². The van der Waals surface area contributed by atoms with Crippen LogP contribution >= 0.6 is 0 Å². The summed E-state index contributed by atoms with van der Waals surface area (Å²) < 4.78 is 11.4. The molecule has 0 saturated heterocycles. The van der Waals surface area contributed by atoms with E-state index >= 15 is 0 Å². The number of ether oxygens (including phenoxy) is 2. The fourth-order valence-electron chi connectivity index (χ4n) is 2.07. The zero-order chi connectivity index (χ0) is 12.8. The molecule has 4 heteroatoms. The number of hydrogen-bond acceptors (Lipinski definition) is 3. The zero-order valence-electron chi connectivity index (χ0n) is 11.0. The molecule has 1 aromatic carbocycles. The third-order valence-electron chi connectivity index (χ3n) is 2.85. The maximum absolute atomic E-state index is 5.73. The van der Waals surface area contributed by atoms with Crippen molar-refractivity contribution in [2.75, 3.05) is 0 Å². The second-order valence-electron chi connectivity index (χ2n) is 4.85. The quantitative estimate of drug-likeness (QED) is 0.648. The second kappa shape index (κ2) is 4.95. The van der Waals surface area contributed by atoms with E-state index in [4.69, 9.17) is 9.47 Å². The van der Waals surface area contributed by atoms with Crippen molar-refractivity contribution in [3.8, 4) is 22.8 Å². The van der Waals surface area contributed by atoms with Crippen molar-refractivity contribution in [3.05, 3.63) is 42.1 Å². The Hall–Kier alpha value is -1.38. The molecule has 1 aliphatic rings. The fourth-order valence-corrected chi connectivity index (χ4v) is 2.07. The summed E-state index contributed by atoms with van der Waals surface area (Å²) in [7, 11) is 0. The molecule has 0 saturated carbocycles. The van der Waals surface area contributed by atoms with E-state index in [-0.39, 0.29) is 20.1 Å².